The maximum absolute atomic E-state index is 11.7. The molecule has 0 radical (unpaired) electrons. The molecule has 5 heteroatoms. The van der Waals surface area contributed by atoms with Crippen molar-refractivity contribution < 1.29 is 9.53 Å². The van der Waals surface area contributed by atoms with E-state index in [0.29, 0.717) is 12.3 Å². The van der Waals surface area contributed by atoms with Crippen LogP contribution in [0.2, 0.25) is 0 Å². The lowest BCUT2D eigenvalue weighted by atomic mass is 10.1. The van der Waals surface area contributed by atoms with Crippen molar-refractivity contribution in [3.63, 3.8) is 0 Å². The molecule has 1 aromatic rings. The SMILES string of the molecule is CCOC(=O)c1nn(C)c2c1CN(C)CC2. The minimum absolute atomic E-state index is 0.311. The van der Waals surface area contributed by atoms with Crippen LogP contribution >= 0.6 is 0 Å². The zero-order valence-corrected chi connectivity index (χ0v) is 9.99. The van der Waals surface area contributed by atoms with E-state index in [9.17, 15) is 4.79 Å². The van der Waals surface area contributed by atoms with Gasteiger partial charge in [-0.1, -0.05) is 0 Å². The Morgan fingerprint density at radius 1 is 1.50 bits per heavy atom. The van der Waals surface area contributed by atoms with Gasteiger partial charge in [-0.2, -0.15) is 5.10 Å². The first-order chi connectivity index (χ1) is 7.63. The van der Waals surface area contributed by atoms with Crippen LogP contribution in [0.1, 0.15) is 28.7 Å². The molecule has 5 nitrogen and oxygen atoms in total. The van der Waals surface area contributed by atoms with E-state index in [0.717, 1.165) is 30.8 Å². The van der Waals surface area contributed by atoms with Gasteiger partial charge >= 0.3 is 5.97 Å². The molecule has 0 N–H and O–H groups in total. The Hall–Kier alpha value is -1.36. The van der Waals surface area contributed by atoms with E-state index in [1.54, 1.807) is 11.6 Å². The number of nitrogens with zero attached hydrogens (tertiary/aromatic N) is 3. The van der Waals surface area contributed by atoms with Crippen LogP contribution in [0.5, 0.6) is 0 Å². The summed E-state index contributed by atoms with van der Waals surface area (Å²) in [5.74, 6) is -0.311. The predicted molar refractivity (Wildman–Crippen MR) is 59.2 cm³/mol. The van der Waals surface area contributed by atoms with Crippen LogP contribution in [0, 0.1) is 0 Å². The molecule has 2 heterocycles. The maximum Gasteiger partial charge on any atom is 0.359 e. The van der Waals surface area contributed by atoms with E-state index < -0.39 is 0 Å². The zero-order chi connectivity index (χ0) is 11.7. The molecule has 0 spiro atoms. The van der Waals surface area contributed by atoms with Gasteiger partial charge in [0.25, 0.3) is 0 Å². The van der Waals surface area contributed by atoms with Gasteiger partial charge in [0.05, 0.1) is 6.61 Å². The normalized spacial score (nSPS) is 15.9. The second kappa shape index (κ2) is 4.25. The molecule has 0 amide bonds. The average Bonchev–Trinajstić information content (AvgIpc) is 2.56. The smallest absolute Gasteiger partial charge is 0.359 e. The molecular weight excluding hydrogens is 206 g/mol. The first-order valence-corrected chi connectivity index (χ1v) is 5.54. The highest BCUT2D eigenvalue weighted by molar-refractivity contribution is 5.89. The number of carbonyl (C=O) groups is 1. The number of likely N-dealkylation sites (N-methyl/N-ethyl adjacent to an activating group) is 1. The molecule has 88 valence electrons. The number of hydrogen-bond acceptors (Lipinski definition) is 4. The minimum atomic E-state index is -0.311. The van der Waals surface area contributed by atoms with Crippen LogP contribution in [0.4, 0.5) is 0 Å². The van der Waals surface area contributed by atoms with Gasteiger partial charge in [0.15, 0.2) is 5.69 Å². The molecule has 0 saturated carbocycles. The van der Waals surface area contributed by atoms with Crippen molar-refractivity contribution in [3.05, 3.63) is 17.0 Å². The highest BCUT2D eigenvalue weighted by Gasteiger charge is 2.26. The van der Waals surface area contributed by atoms with Crippen LogP contribution in [-0.4, -0.2) is 40.8 Å². The van der Waals surface area contributed by atoms with Crippen molar-refractivity contribution in [1.29, 1.82) is 0 Å². The standard InChI is InChI=1S/C11H17N3O2/c1-4-16-11(15)10-8-7-13(2)6-5-9(8)14(3)12-10/h4-7H2,1-3H3. The van der Waals surface area contributed by atoms with E-state index >= 15 is 0 Å². The molecule has 0 atom stereocenters. The van der Waals surface area contributed by atoms with Gasteiger partial charge in [0.2, 0.25) is 0 Å². The lowest BCUT2D eigenvalue weighted by Crippen LogP contribution is -2.28. The van der Waals surface area contributed by atoms with Crippen molar-refractivity contribution >= 4 is 5.97 Å². The Morgan fingerprint density at radius 2 is 2.25 bits per heavy atom. The average molecular weight is 223 g/mol. The molecule has 1 aromatic heterocycles. The zero-order valence-electron chi connectivity index (χ0n) is 9.99. The van der Waals surface area contributed by atoms with Crippen molar-refractivity contribution in [3.8, 4) is 0 Å². The number of aromatic nitrogens is 2. The summed E-state index contributed by atoms with van der Waals surface area (Å²) < 4.78 is 6.81. The van der Waals surface area contributed by atoms with Crippen LogP contribution < -0.4 is 0 Å². The van der Waals surface area contributed by atoms with Crippen molar-refractivity contribution in [1.82, 2.24) is 14.7 Å². The highest BCUT2D eigenvalue weighted by Crippen LogP contribution is 2.21. The summed E-state index contributed by atoms with van der Waals surface area (Å²) in [5, 5.41) is 4.26. The van der Waals surface area contributed by atoms with E-state index in [4.69, 9.17) is 4.74 Å². The quantitative estimate of drug-likeness (QED) is 0.688. The third-order valence-electron chi connectivity index (χ3n) is 2.90. The number of fused-ring (bicyclic) bond motifs is 1. The summed E-state index contributed by atoms with van der Waals surface area (Å²) in [6.45, 7) is 3.98. The summed E-state index contributed by atoms with van der Waals surface area (Å²) >= 11 is 0. The second-order valence-electron chi connectivity index (χ2n) is 4.11. The molecule has 16 heavy (non-hydrogen) atoms. The topological polar surface area (TPSA) is 47.4 Å². The van der Waals surface area contributed by atoms with Crippen LogP contribution in [0.3, 0.4) is 0 Å². The molecule has 0 aromatic carbocycles. The van der Waals surface area contributed by atoms with Crippen molar-refractivity contribution in [2.24, 2.45) is 7.05 Å². The van der Waals surface area contributed by atoms with Crippen LogP contribution in [0.25, 0.3) is 0 Å². The monoisotopic (exact) mass is 223 g/mol. The molecule has 0 fully saturated rings. The maximum atomic E-state index is 11.7. The fraction of sp³-hybridized carbons (Fsp3) is 0.636. The van der Waals surface area contributed by atoms with Gasteiger partial charge in [0, 0.05) is 37.8 Å². The fourth-order valence-corrected chi connectivity index (χ4v) is 2.09. The van der Waals surface area contributed by atoms with Crippen LogP contribution in [-0.2, 0) is 24.8 Å². The third-order valence-corrected chi connectivity index (χ3v) is 2.90. The van der Waals surface area contributed by atoms with E-state index in [2.05, 4.69) is 10.00 Å². The predicted octanol–water partition coefficient (Wildman–Crippen LogP) is 0.585. The summed E-state index contributed by atoms with van der Waals surface area (Å²) in [5.41, 5.74) is 2.65. The summed E-state index contributed by atoms with van der Waals surface area (Å²) in [6, 6.07) is 0. The molecule has 1 aliphatic heterocycles. The van der Waals surface area contributed by atoms with Gasteiger partial charge in [-0.3, -0.25) is 4.68 Å². The highest BCUT2D eigenvalue weighted by atomic mass is 16.5. The first kappa shape index (κ1) is 11.1. The molecule has 0 bridgehead atoms. The molecule has 1 aliphatic rings. The van der Waals surface area contributed by atoms with Crippen LogP contribution in [0.15, 0.2) is 0 Å². The lowest BCUT2D eigenvalue weighted by Gasteiger charge is -2.22. The number of esters is 1. The molecule has 0 aliphatic carbocycles. The Balaban J connectivity index is 2.36. The largest absolute Gasteiger partial charge is 0.461 e. The van der Waals surface area contributed by atoms with Crippen molar-refractivity contribution in [2.45, 2.75) is 19.9 Å². The molecule has 0 unspecified atom stereocenters. The Kier molecular flexibility index (Phi) is 2.96. The Bertz CT molecular complexity index is 412. The molecular formula is C11H17N3O2. The van der Waals surface area contributed by atoms with E-state index in [1.165, 1.54) is 0 Å². The number of ether oxygens (including phenoxy) is 1. The minimum Gasteiger partial charge on any atom is -0.461 e. The van der Waals surface area contributed by atoms with Gasteiger partial charge < -0.3 is 9.64 Å². The van der Waals surface area contributed by atoms with Gasteiger partial charge in [-0.15, -0.1) is 0 Å². The number of carbonyl (C=O) groups excluding carboxylic acids is 1. The Labute approximate surface area is 95.0 Å². The van der Waals surface area contributed by atoms with Gasteiger partial charge in [-0.25, -0.2) is 4.79 Å². The fourth-order valence-electron chi connectivity index (χ4n) is 2.09. The molecule has 2 rings (SSSR count). The van der Waals surface area contributed by atoms with Gasteiger partial charge in [-0.05, 0) is 14.0 Å². The number of aryl methyl sites for hydroxylation is 1. The third kappa shape index (κ3) is 1.82. The van der Waals surface area contributed by atoms with Crippen molar-refractivity contribution in [2.75, 3.05) is 20.2 Å². The second-order valence-corrected chi connectivity index (χ2v) is 4.11. The Morgan fingerprint density at radius 3 is 2.94 bits per heavy atom. The number of rotatable bonds is 2. The first-order valence-electron chi connectivity index (χ1n) is 5.54. The summed E-state index contributed by atoms with van der Waals surface area (Å²) in [6.07, 6.45) is 0.939. The lowest BCUT2D eigenvalue weighted by molar-refractivity contribution is 0.0516. The molecule has 0 saturated heterocycles. The number of hydrogen-bond donors (Lipinski definition) is 0. The summed E-state index contributed by atoms with van der Waals surface area (Å²) in [7, 11) is 3.93. The van der Waals surface area contributed by atoms with E-state index in [-0.39, 0.29) is 5.97 Å². The summed E-state index contributed by atoms with van der Waals surface area (Å²) in [4.78, 5) is 13.9. The van der Waals surface area contributed by atoms with Gasteiger partial charge in [0.1, 0.15) is 0 Å². The van der Waals surface area contributed by atoms with E-state index in [1.807, 2.05) is 14.1 Å².